The lowest BCUT2D eigenvalue weighted by Crippen LogP contribution is -1.98. The SMILES string of the molecule is C#CN(C)C#C.O.O. The van der Waals surface area contributed by atoms with Crippen LogP contribution in [0.1, 0.15) is 0 Å². The van der Waals surface area contributed by atoms with Crippen molar-refractivity contribution < 1.29 is 11.0 Å². The predicted molar refractivity (Wildman–Crippen MR) is 32.7 cm³/mol. The molecule has 0 heterocycles. The first kappa shape index (κ1) is 15.8. The van der Waals surface area contributed by atoms with Gasteiger partial charge in [0.15, 0.2) is 0 Å². The molecular formula is C5H9NO2. The van der Waals surface area contributed by atoms with E-state index in [0.29, 0.717) is 0 Å². The smallest absolute Gasteiger partial charge is 0.0288 e. The van der Waals surface area contributed by atoms with Crippen LogP contribution >= 0.6 is 0 Å². The van der Waals surface area contributed by atoms with Gasteiger partial charge < -0.3 is 11.0 Å². The van der Waals surface area contributed by atoms with E-state index in [1.54, 1.807) is 7.05 Å². The summed E-state index contributed by atoms with van der Waals surface area (Å²) >= 11 is 0. The maximum Gasteiger partial charge on any atom is 0.0288 e. The van der Waals surface area contributed by atoms with Crippen molar-refractivity contribution >= 4 is 0 Å². The summed E-state index contributed by atoms with van der Waals surface area (Å²) in [6.07, 6.45) is 9.63. The van der Waals surface area contributed by atoms with Gasteiger partial charge in [0.25, 0.3) is 0 Å². The van der Waals surface area contributed by atoms with E-state index in [4.69, 9.17) is 12.8 Å². The Kier molecular flexibility index (Phi) is 18.3. The first-order valence-electron chi connectivity index (χ1n) is 1.47. The standard InChI is InChI=1S/C5H5N.2H2O/c1-4-6(3)5-2;;/h1-2H,3H3;2*1H2. The first-order valence-corrected chi connectivity index (χ1v) is 1.47. The molecule has 0 saturated heterocycles. The van der Waals surface area contributed by atoms with Crippen molar-refractivity contribution in [1.29, 1.82) is 0 Å². The Labute approximate surface area is 48.9 Å². The fourth-order valence-electron chi connectivity index (χ4n) is 0.0373. The lowest BCUT2D eigenvalue weighted by Gasteiger charge is -1.92. The minimum absolute atomic E-state index is 0. The van der Waals surface area contributed by atoms with Crippen LogP contribution in [-0.2, 0) is 0 Å². The van der Waals surface area contributed by atoms with E-state index in [2.05, 4.69) is 12.1 Å². The monoisotopic (exact) mass is 115 g/mol. The van der Waals surface area contributed by atoms with Gasteiger partial charge in [-0.05, 0) is 0 Å². The third-order valence-electron chi connectivity index (χ3n) is 0.387. The minimum atomic E-state index is 0. The molecule has 0 fully saturated rings. The summed E-state index contributed by atoms with van der Waals surface area (Å²) in [7, 11) is 1.64. The van der Waals surface area contributed by atoms with Gasteiger partial charge in [0.2, 0.25) is 0 Å². The van der Waals surface area contributed by atoms with Crippen LogP contribution in [0.25, 0.3) is 0 Å². The van der Waals surface area contributed by atoms with Gasteiger partial charge >= 0.3 is 0 Å². The highest BCUT2D eigenvalue weighted by atomic mass is 16.0. The Hall–Kier alpha value is -1.16. The van der Waals surface area contributed by atoms with Crippen LogP contribution in [0.3, 0.4) is 0 Å². The predicted octanol–water partition coefficient (Wildman–Crippen LogP) is -1.55. The molecule has 0 aromatic carbocycles. The molecule has 46 valence electrons. The molecule has 3 heteroatoms. The van der Waals surface area contributed by atoms with Gasteiger partial charge in [-0.3, -0.25) is 4.90 Å². The molecule has 3 nitrogen and oxygen atoms in total. The number of terminal acetylenes is 2. The molecule has 0 unspecified atom stereocenters. The van der Waals surface area contributed by atoms with E-state index < -0.39 is 0 Å². The molecule has 0 bridgehead atoms. The van der Waals surface area contributed by atoms with E-state index in [9.17, 15) is 0 Å². The van der Waals surface area contributed by atoms with Crippen LogP contribution in [-0.4, -0.2) is 22.9 Å². The molecule has 0 aromatic rings. The van der Waals surface area contributed by atoms with E-state index in [0.717, 1.165) is 0 Å². The van der Waals surface area contributed by atoms with E-state index >= 15 is 0 Å². The van der Waals surface area contributed by atoms with Crippen molar-refractivity contribution in [3.8, 4) is 24.9 Å². The fraction of sp³-hybridized carbons (Fsp3) is 0.200. The lowest BCUT2D eigenvalue weighted by atomic mass is 10.9. The molecular weight excluding hydrogens is 106 g/mol. The zero-order chi connectivity index (χ0) is 4.99. The molecule has 0 rings (SSSR count). The molecule has 0 saturated carbocycles. The second-order valence-electron chi connectivity index (χ2n) is 0.817. The first-order chi connectivity index (χ1) is 2.81. The van der Waals surface area contributed by atoms with Crippen molar-refractivity contribution in [2.45, 2.75) is 0 Å². The van der Waals surface area contributed by atoms with Crippen molar-refractivity contribution in [1.82, 2.24) is 4.90 Å². The zero-order valence-corrected chi connectivity index (χ0v) is 4.60. The summed E-state index contributed by atoms with van der Waals surface area (Å²) < 4.78 is 0. The number of hydrogen-bond donors (Lipinski definition) is 0. The summed E-state index contributed by atoms with van der Waals surface area (Å²) in [4.78, 5) is 1.31. The maximum absolute atomic E-state index is 4.82. The van der Waals surface area contributed by atoms with E-state index in [-0.39, 0.29) is 11.0 Å². The molecule has 0 aliphatic carbocycles. The van der Waals surface area contributed by atoms with Gasteiger partial charge in [-0.2, -0.15) is 0 Å². The molecule has 0 amide bonds. The molecule has 4 N–H and O–H groups in total. The highest BCUT2D eigenvalue weighted by Crippen LogP contribution is 1.63. The summed E-state index contributed by atoms with van der Waals surface area (Å²) in [6, 6.07) is 4.42. The Balaban J connectivity index is -0.000000125. The molecule has 8 heavy (non-hydrogen) atoms. The average Bonchev–Trinajstić information content (AvgIpc) is 1.65. The van der Waals surface area contributed by atoms with Gasteiger partial charge in [0.05, 0.1) is 0 Å². The minimum Gasteiger partial charge on any atom is -0.412 e. The van der Waals surface area contributed by atoms with Gasteiger partial charge in [-0.25, -0.2) is 0 Å². The van der Waals surface area contributed by atoms with Gasteiger partial charge in [0, 0.05) is 19.1 Å². The second kappa shape index (κ2) is 9.28. The fourth-order valence-corrected chi connectivity index (χ4v) is 0.0373. The van der Waals surface area contributed by atoms with Crippen LogP contribution < -0.4 is 0 Å². The maximum atomic E-state index is 4.82. The largest absolute Gasteiger partial charge is 0.412 e. The summed E-state index contributed by atoms with van der Waals surface area (Å²) in [5, 5.41) is 0. The van der Waals surface area contributed by atoms with Crippen LogP contribution in [0.2, 0.25) is 0 Å². The number of rotatable bonds is 0. The van der Waals surface area contributed by atoms with Crippen molar-refractivity contribution in [3.63, 3.8) is 0 Å². The van der Waals surface area contributed by atoms with Gasteiger partial charge in [-0.15, -0.1) is 0 Å². The Bertz CT molecular complexity index is 94.6. The summed E-state index contributed by atoms with van der Waals surface area (Å²) in [5.74, 6) is 0. The summed E-state index contributed by atoms with van der Waals surface area (Å²) in [6.45, 7) is 0. The number of hydrogen-bond acceptors (Lipinski definition) is 1. The third kappa shape index (κ3) is 8.85. The van der Waals surface area contributed by atoms with Crippen LogP contribution in [0.15, 0.2) is 0 Å². The van der Waals surface area contributed by atoms with E-state index in [1.807, 2.05) is 0 Å². The Morgan fingerprint density at radius 1 is 1.12 bits per heavy atom. The van der Waals surface area contributed by atoms with Crippen LogP contribution in [0, 0.1) is 24.9 Å². The van der Waals surface area contributed by atoms with Crippen molar-refractivity contribution in [2.75, 3.05) is 7.05 Å². The van der Waals surface area contributed by atoms with Crippen LogP contribution in [0.5, 0.6) is 0 Å². The molecule has 0 radical (unpaired) electrons. The average molecular weight is 115 g/mol. The van der Waals surface area contributed by atoms with Crippen LogP contribution in [0.4, 0.5) is 0 Å². The zero-order valence-electron chi connectivity index (χ0n) is 4.60. The van der Waals surface area contributed by atoms with Crippen molar-refractivity contribution in [2.24, 2.45) is 0 Å². The topological polar surface area (TPSA) is 66.2 Å². The van der Waals surface area contributed by atoms with E-state index in [1.165, 1.54) is 4.90 Å². The Morgan fingerprint density at radius 3 is 1.38 bits per heavy atom. The van der Waals surface area contributed by atoms with Gasteiger partial charge in [0.1, 0.15) is 0 Å². The Morgan fingerprint density at radius 2 is 1.38 bits per heavy atom. The highest BCUT2D eigenvalue weighted by Gasteiger charge is 1.69. The second-order valence-corrected chi connectivity index (χ2v) is 0.817. The molecule has 0 aromatic heterocycles. The van der Waals surface area contributed by atoms with Crippen molar-refractivity contribution in [3.05, 3.63) is 0 Å². The lowest BCUT2D eigenvalue weighted by molar-refractivity contribution is 0.703. The normalized spacial score (nSPS) is 3.88. The molecule has 0 aliphatic rings. The molecule has 0 atom stereocenters. The summed E-state index contributed by atoms with van der Waals surface area (Å²) in [5.41, 5.74) is 0. The molecule has 0 spiro atoms. The third-order valence-corrected chi connectivity index (χ3v) is 0.387. The quantitative estimate of drug-likeness (QED) is 0.278. The highest BCUT2D eigenvalue weighted by molar-refractivity contribution is 4.96. The van der Waals surface area contributed by atoms with Gasteiger partial charge in [-0.1, -0.05) is 12.8 Å². The molecule has 0 aliphatic heterocycles. The number of nitrogens with zero attached hydrogens (tertiary/aromatic N) is 1.